The first kappa shape index (κ1) is 14.7. The number of para-hydroxylation sites is 1. The summed E-state index contributed by atoms with van der Waals surface area (Å²) < 4.78 is 11.6. The monoisotopic (exact) mass is 314 g/mol. The van der Waals surface area contributed by atoms with Crippen molar-refractivity contribution < 1.29 is 14.3 Å². The first-order valence-corrected chi connectivity index (χ1v) is 8.31. The van der Waals surface area contributed by atoms with Gasteiger partial charge in [0, 0.05) is 30.6 Å². The second kappa shape index (κ2) is 5.65. The van der Waals surface area contributed by atoms with Crippen LogP contribution in [-0.2, 0) is 9.47 Å². The van der Waals surface area contributed by atoms with Crippen LogP contribution in [0.25, 0.3) is 10.9 Å². The molecule has 0 radical (unpaired) electrons. The molecule has 2 aliphatic heterocycles. The van der Waals surface area contributed by atoms with Crippen molar-refractivity contribution in [2.75, 3.05) is 26.3 Å². The summed E-state index contributed by atoms with van der Waals surface area (Å²) in [5.41, 5.74) is 1.66. The number of aromatic amines is 1. The number of rotatable bonds is 2. The number of nitrogens with one attached hydrogen (secondary N) is 1. The van der Waals surface area contributed by atoms with E-state index in [0.717, 1.165) is 35.9 Å². The lowest BCUT2D eigenvalue weighted by Crippen LogP contribution is -2.48. The number of H-pyrrole nitrogens is 1. The third-order valence-electron chi connectivity index (χ3n) is 5.13. The standard InChI is InChI=1S/C18H22N2O3/c1-18(22-10-11-23-18)14-5-3-9-20(12-14)17(21)15-6-2-4-13-7-8-19-16(13)15/h2,4,6-8,14,19H,3,5,9-12H2,1H3/t14-/m0/s1. The van der Waals surface area contributed by atoms with Crippen LogP contribution >= 0.6 is 0 Å². The maximum atomic E-state index is 13.0. The fourth-order valence-electron chi connectivity index (χ4n) is 3.79. The summed E-state index contributed by atoms with van der Waals surface area (Å²) in [7, 11) is 0. The number of amides is 1. The molecule has 122 valence electrons. The summed E-state index contributed by atoms with van der Waals surface area (Å²) in [6.07, 6.45) is 3.90. The fourth-order valence-corrected chi connectivity index (χ4v) is 3.79. The number of hydrogen-bond acceptors (Lipinski definition) is 3. The van der Waals surface area contributed by atoms with Crippen LogP contribution in [-0.4, -0.2) is 47.9 Å². The van der Waals surface area contributed by atoms with Crippen LogP contribution in [0.5, 0.6) is 0 Å². The van der Waals surface area contributed by atoms with Gasteiger partial charge in [0.1, 0.15) is 0 Å². The molecule has 1 amide bonds. The molecule has 0 saturated carbocycles. The summed E-state index contributed by atoms with van der Waals surface area (Å²) in [6.45, 7) is 4.77. The molecule has 0 bridgehead atoms. The first-order chi connectivity index (χ1) is 11.2. The molecule has 4 rings (SSSR count). The Morgan fingerprint density at radius 2 is 2.13 bits per heavy atom. The lowest BCUT2D eigenvalue weighted by atomic mass is 9.90. The van der Waals surface area contributed by atoms with Crippen LogP contribution in [0.1, 0.15) is 30.1 Å². The minimum Gasteiger partial charge on any atom is -0.361 e. The van der Waals surface area contributed by atoms with E-state index in [0.29, 0.717) is 19.8 Å². The number of ether oxygens (including phenoxy) is 2. The third kappa shape index (κ3) is 2.54. The minimum atomic E-state index is -0.544. The number of carbonyl (C=O) groups excluding carboxylic acids is 1. The van der Waals surface area contributed by atoms with Crippen LogP contribution in [0.3, 0.4) is 0 Å². The molecule has 5 nitrogen and oxygen atoms in total. The summed E-state index contributed by atoms with van der Waals surface area (Å²) in [5, 5.41) is 1.07. The number of nitrogens with zero attached hydrogens (tertiary/aromatic N) is 1. The van der Waals surface area contributed by atoms with Gasteiger partial charge in [-0.2, -0.15) is 0 Å². The molecule has 1 atom stereocenters. The normalized spacial score (nSPS) is 24.2. The average Bonchev–Trinajstić information content (AvgIpc) is 3.23. The second-order valence-corrected chi connectivity index (χ2v) is 6.55. The van der Waals surface area contributed by atoms with E-state index in [9.17, 15) is 4.79 Å². The smallest absolute Gasteiger partial charge is 0.255 e. The number of likely N-dealkylation sites (tertiary alicyclic amines) is 1. The van der Waals surface area contributed by atoms with Gasteiger partial charge < -0.3 is 19.4 Å². The molecule has 2 aromatic rings. The van der Waals surface area contributed by atoms with Gasteiger partial charge in [0.05, 0.1) is 24.3 Å². The highest BCUT2D eigenvalue weighted by Crippen LogP contribution is 2.34. The van der Waals surface area contributed by atoms with Crippen molar-refractivity contribution >= 4 is 16.8 Å². The number of aromatic nitrogens is 1. The molecule has 1 aromatic carbocycles. The van der Waals surface area contributed by atoms with Crippen LogP contribution < -0.4 is 0 Å². The van der Waals surface area contributed by atoms with E-state index in [1.807, 2.05) is 42.3 Å². The summed E-state index contributed by atoms with van der Waals surface area (Å²) in [4.78, 5) is 18.1. The molecule has 0 aliphatic carbocycles. The molecule has 0 spiro atoms. The molecule has 2 fully saturated rings. The molecule has 2 aliphatic rings. The summed E-state index contributed by atoms with van der Waals surface area (Å²) in [5.74, 6) is -0.230. The predicted molar refractivity (Wildman–Crippen MR) is 87.2 cm³/mol. The van der Waals surface area contributed by atoms with Gasteiger partial charge in [-0.3, -0.25) is 4.79 Å². The number of benzene rings is 1. The molecule has 0 unspecified atom stereocenters. The predicted octanol–water partition coefficient (Wildman–Crippen LogP) is 2.78. The molecular weight excluding hydrogens is 292 g/mol. The number of hydrogen-bond donors (Lipinski definition) is 1. The quantitative estimate of drug-likeness (QED) is 0.927. The second-order valence-electron chi connectivity index (χ2n) is 6.55. The van der Waals surface area contributed by atoms with Crippen molar-refractivity contribution in [2.24, 2.45) is 5.92 Å². The molecular formula is C18H22N2O3. The number of carbonyl (C=O) groups is 1. The molecule has 1 N–H and O–H groups in total. The SMILES string of the molecule is CC1([C@H]2CCCN(C(=O)c3cccc4cc[nH]c34)C2)OCCO1. The Morgan fingerprint density at radius 3 is 2.96 bits per heavy atom. The van der Waals surface area contributed by atoms with Crippen LogP contribution in [0.15, 0.2) is 30.5 Å². The zero-order valence-corrected chi connectivity index (χ0v) is 13.4. The van der Waals surface area contributed by atoms with Crippen LogP contribution in [0.4, 0.5) is 0 Å². The Bertz CT molecular complexity index is 718. The molecule has 5 heteroatoms. The summed E-state index contributed by atoms with van der Waals surface area (Å²) in [6, 6.07) is 7.85. The van der Waals surface area contributed by atoms with Gasteiger partial charge in [-0.25, -0.2) is 0 Å². The van der Waals surface area contributed by atoms with E-state index in [-0.39, 0.29) is 11.8 Å². The minimum absolute atomic E-state index is 0.0874. The molecule has 2 saturated heterocycles. The fraction of sp³-hybridized carbons (Fsp3) is 0.500. The van der Waals surface area contributed by atoms with Crippen LogP contribution in [0, 0.1) is 5.92 Å². The third-order valence-corrected chi connectivity index (χ3v) is 5.13. The van der Waals surface area contributed by atoms with E-state index >= 15 is 0 Å². The Hall–Kier alpha value is -1.85. The van der Waals surface area contributed by atoms with Crippen molar-refractivity contribution in [3.05, 3.63) is 36.0 Å². The highest BCUT2D eigenvalue weighted by Gasteiger charge is 2.42. The van der Waals surface area contributed by atoms with Crippen LogP contribution in [0.2, 0.25) is 0 Å². The number of piperidine rings is 1. The summed E-state index contributed by atoms with van der Waals surface area (Å²) >= 11 is 0. The van der Waals surface area contributed by atoms with Crippen molar-refractivity contribution in [3.8, 4) is 0 Å². The number of fused-ring (bicyclic) bond motifs is 1. The van der Waals surface area contributed by atoms with E-state index in [2.05, 4.69) is 4.98 Å². The van der Waals surface area contributed by atoms with Crippen molar-refractivity contribution in [1.82, 2.24) is 9.88 Å². The Labute approximate surface area is 135 Å². The van der Waals surface area contributed by atoms with Gasteiger partial charge in [0.25, 0.3) is 5.91 Å². The zero-order valence-electron chi connectivity index (χ0n) is 13.4. The highest BCUT2D eigenvalue weighted by molar-refractivity contribution is 6.05. The molecule has 3 heterocycles. The Kier molecular flexibility index (Phi) is 3.62. The lowest BCUT2D eigenvalue weighted by Gasteiger charge is -2.40. The van der Waals surface area contributed by atoms with Gasteiger partial charge in [0.2, 0.25) is 0 Å². The van der Waals surface area contributed by atoms with E-state index in [1.54, 1.807) is 0 Å². The lowest BCUT2D eigenvalue weighted by molar-refractivity contribution is -0.189. The van der Waals surface area contributed by atoms with Gasteiger partial charge >= 0.3 is 0 Å². The van der Waals surface area contributed by atoms with Gasteiger partial charge in [-0.15, -0.1) is 0 Å². The van der Waals surface area contributed by atoms with Gasteiger partial charge in [-0.1, -0.05) is 12.1 Å². The first-order valence-electron chi connectivity index (χ1n) is 8.31. The maximum absolute atomic E-state index is 13.0. The largest absolute Gasteiger partial charge is 0.361 e. The zero-order chi connectivity index (χ0) is 15.9. The molecule has 23 heavy (non-hydrogen) atoms. The molecule has 1 aromatic heterocycles. The van der Waals surface area contributed by atoms with Gasteiger partial charge in [-0.05, 0) is 31.9 Å². The topological polar surface area (TPSA) is 54.6 Å². The maximum Gasteiger partial charge on any atom is 0.255 e. The average molecular weight is 314 g/mol. The highest BCUT2D eigenvalue weighted by atomic mass is 16.7. The van der Waals surface area contributed by atoms with E-state index in [1.165, 1.54) is 0 Å². The van der Waals surface area contributed by atoms with Crippen molar-refractivity contribution in [2.45, 2.75) is 25.6 Å². The van der Waals surface area contributed by atoms with E-state index < -0.39 is 5.79 Å². The van der Waals surface area contributed by atoms with Crippen molar-refractivity contribution in [1.29, 1.82) is 0 Å². The van der Waals surface area contributed by atoms with Gasteiger partial charge in [0.15, 0.2) is 5.79 Å². The Balaban J connectivity index is 1.57. The van der Waals surface area contributed by atoms with Crippen molar-refractivity contribution in [3.63, 3.8) is 0 Å². The Morgan fingerprint density at radius 1 is 1.30 bits per heavy atom. The van der Waals surface area contributed by atoms with E-state index in [4.69, 9.17) is 9.47 Å².